The average molecular weight is 263 g/mol. The second kappa shape index (κ2) is 5.38. The van der Waals surface area contributed by atoms with Gasteiger partial charge in [0.25, 0.3) is 0 Å². The zero-order valence-corrected chi connectivity index (χ0v) is 11.1. The minimum Gasteiger partial charge on any atom is -0.455 e. The number of aromatic nitrogens is 1. The Labute approximate surface area is 112 Å². The van der Waals surface area contributed by atoms with Crippen LogP contribution in [0.3, 0.4) is 0 Å². The Kier molecular flexibility index (Phi) is 3.84. The summed E-state index contributed by atoms with van der Waals surface area (Å²) in [6.45, 7) is 3.86. The van der Waals surface area contributed by atoms with Crippen LogP contribution in [0.1, 0.15) is 24.2 Å². The summed E-state index contributed by atoms with van der Waals surface area (Å²) in [5.41, 5.74) is 7.60. The van der Waals surface area contributed by atoms with E-state index in [1.165, 1.54) is 0 Å². The molecule has 0 saturated heterocycles. The number of nitrogens with two attached hydrogens (primary N) is 1. The van der Waals surface area contributed by atoms with Gasteiger partial charge in [0.2, 0.25) is 0 Å². The smallest absolute Gasteiger partial charge is 0.145 e. The van der Waals surface area contributed by atoms with Gasteiger partial charge in [-0.3, -0.25) is 4.98 Å². The molecule has 4 heteroatoms. The number of benzene rings is 1. The molecule has 0 radical (unpaired) electrons. The van der Waals surface area contributed by atoms with E-state index in [0.717, 1.165) is 17.0 Å². The maximum atomic E-state index is 5.94. The van der Waals surface area contributed by atoms with Gasteiger partial charge in [0.1, 0.15) is 11.5 Å². The second-order valence-corrected chi connectivity index (χ2v) is 4.66. The van der Waals surface area contributed by atoms with Gasteiger partial charge < -0.3 is 10.5 Å². The molecule has 1 aromatic carbocycles. The maximum Gasteiger partial charge on any atom is 0.145 e. The minimum atomic E-state index is -0.0769. The van der Waals surface area contributed by atoms with E-state index in [2.05, 4.69) is 4.98 Å². The Balaban J connectivity index is 2.21. The van der Waals surface area contributed by atoms with Gasteiger partial charge in [-0.25, -0.2) is 0 Å². The molecule has 94 valence electrons. The number of aryl methyl sites for hydroxylation is 1. The molecule has 3 nitrogen and oxygen atoms in total. The lowest BCUT2D eigenvalue weighted by Gasteiger charge is -2.10. The average Bonchev–Trinajstić information content (AvgIpc) is 2.34. The van der Waals surface area contributed by atoms with E-state index < -0.39 is 0 Å². The molecule has 0 fully saturated rings. The Morgan fingerprint density at radius 2 is 2.06 bits per heavy atom. The highest BCUT2D eigenvalue weighted by molar-refractivity contribution is 6.30. The second-order valence-electron chi connectivity index (χ2n) is 4.22. The fourth-order valence-corrected chi connectivity index (χ4v) is 1.69. The zero-order chi connectivity index (χ0) is 13.1. The number of halogens is 1. The van der Waals surface area contributed by atoms with E-state index in [-0.39, 0.29) is 6.04 Å². The first kappa shape index (κ1) is 12.9. The summed E-state index contributed by atoms with van der Waals surface area (Å²) in [5.74, 6) is 1.41. The van der Waals surface area contributed by atoms with Crippen molar-refractivity contribution < 1.29 is 4.74 Å². The van der Waals surface area contributed by atoms with Crippen LogP contribution in [0.5, 0.6) is 11.5 Å². The third-order valence-electron chi connectivity index (χ3n) is 2.60. The van der Waals surface area contributed by atoms with Crippen molar-refractivity contribution >= 4 is 11.6 Å². The Hall–Kier alpha value is -1.58. The molecule has 0 spiro atoms. The molecule has 0 aliphatic rings. The largest absolute Gasteiger partial charge is 0.455 e. The molecular weight excluding hydrogens is 248 g/mol. The molecule has 0 aliphatic carbocycles. The molecule has 18 heavy (non-hydrogen) atoms. The fourth-order valence-electron chi connectivity index (χ4n) is 1.53. The van der Waals surface area contributed by atoms with Crippen LogP contribution in [0.25, 0.3) is 0 Å². The SMILES string of the molecule is Cc1ccc(Cl)cc1Oc1ccc([C@@H](C)N)nc1. The lowest BCUT2D eigenvalue weighted by atomic mass is 10.2. The number of hydrogen-bond donors (Lipinski definition) is 1. The Morgan fingerprint density at radius 1 is 1.28 bits per heavy atom. The Bertz CT molecular complexity index is 538. The van der Waals surface area contributed by atoms with Crippen molar-refractivity contribution in [3.63, 3.8) is 0 Å². The molecule has 2 rings (SSSR count). The third kappa shape index (κ3) is 3.00. The van der Waals surface area contributed by atoms with Crippen molar-refractivity contribution in [1.29, 1.82) is 0 Å². The van der Waals surface area contributed by atoms with E-state index in [4.69, 9.17) is 22.1 Å². The van der Waals surface area contributed by atoms with Gasteiger partial charge in [-0.1, -0.05) is 17.7 Å². The summed E-state index contributed by atoms with van der Waals surface area (Å²) >= 11 is 5.94. The van der Waals surface area contributed by atoms with Crippen LogP contribution in [-0.2, 0) is 0 Å². The van der Waals surface area contributed by atoms with Gasteiger partial charge in [0.05, 0.1) is 11.9 Å². The van der Waals surface area contributed by atoms with Crippen molar-refractivity contribution in [2.24, 2.45) is 5.73 Å². The number of rotatable bonds is 3. The molecule has 1 heterocycles. The topological polar surface area (TPSA) is 48.1 Å². The molecule has 0 unspecified atom stereocenters. The summed E-state index contributed by atoms with van der Waals surface area (Å²) < 4.78 is 5.74. The maximum absolute atomic E-state index is 5.94. The zero-order valence-electron chi connectivity index (χ0n) is 10.4. The van der Waals surface area contributed by atoms with Crippen molar-refractivity contribution in [1.82, 2.24) is 4.98 Å². The number of ether oxygens (including phenoxy) is 1. The van der Waals surface area contributed by atoms with Crippen LogP contribution in [0.4, 0.5) is 0 Å². The predicted octanol–water partition coefficient (Wildman–Crippen LogP) is 3.86. The van der Waals surface area contributed by atoms with Crippen molar-refractivity contribution in [3.8, 4) is 11.5 Å². The summed E-state index contributed by atoms with van der Waals surface area (Å²) in [5, 5.41) is 0.649. The summed E-state index contributed by atoms with van der Waals surface area (Å²) in [6.07, 6.45) is 1.67. The summed E-state index contributed by atoms with van der Waals surface area (Å²) in [4.78, 5) is 4.24. The van der Waals surface area contributed by atoms with Gasteiger partial charge in [-0.05, 0) is 43.7 Å². The molecule has 2 N–H and O–H groups in total. The molecular formula is C14H15ClN2O. The van der Waals surface area contributed by atoms with Crippen LogP contribution in [0.15, 0.2) is 36.5 Å². The third-order valence-corrected chi connectivity index (χ3v) is 2.84. The summed E-state index contributed by atoms with van der Waals surface area (Å²) in [7, 11) is 0. The lowest BCUT2D eigenvalue weighted by molar-refractivity contribution is 0.475. The number of nitrogens with zero attached hydrogens (tertiary/aromatic N) is 1. The number of hydrogen-bond acceptors (Lipinski definition) is 3. The van der Waals surface area contributed by atoms with Gasteiger partial charge in [-0.15, -0.1) is 0 Å². The quantitative estimate of drug-likeness (QED) is 0.914. The predicted molar refractivity (Wildman–Crippen MR) is 73.1 cm³/mol. The van der Waals surface area contributed by atoms with Crippen LogP contribution in [0, 0.1) is 6.92 Å². The van der Waals surface area contributed by atoms with Gasteiger partial charge >= 0.3 is 0 Å². The molecule has 1 aromatic heterocycles. The monoisotopic (exact) mass is 262 g/mol. The first-order chi connectivity index (χ1) is 8.56. The van der Waals surface area contributed by atoms with Gasteiger partial charge in [0, 0.05) is 11.1 Å². The molecule has 0 amide bonds. The first-order valence-corrected chi connectivity index (χ1v) is 6.09. The minimum absolute atomic E-state index is 0.0769. The Morgan fingerprint density at radius 3 is 2.67 bits per heavy atom. The molecule has 2 aromatic rings. The molecule has 0 bridgehead atoms. The van der Waals surface area contributed by atoms with E-state index in [9.17, 15) is 0 Å². The van der Waals surface area contributed by atoms with Crippen molar-refractivity contribution in [2.75, 3.05) is 0 Å². The standard InChI is InChI=1S/C14H15ClN2O/c1-9-3-4-11(15)7-14(9)18-12-5-6-13(10(2)16)17-8-12/h3-8,10H,16H2,1-2H3/t10-/m1/s1. The lowest BCUT2D eigenvalue weighted by Crippen LogP contribution is -2.06. The molecule has 1 atom stereocenters. The van der Waals surface area contributed by atoms with Crippen LogP contribution < -0.4 is 10.5 Å². The van der Waals surface area contributed by atoms with Gasteiger partial charge in [0.15, 0.2) is 0 Å². The van der Waals surface area contributed by atoms with E-state index in [1.54, 1.807) is 12.3 Å². The van der Waals surface area contributed by atoms with Crippen LogP contribution in [-0.4, -0.2) is 4.98 Å². The van der Waals surface area contributed by atoms with Crippen molar-refractivity contribution in [2.45, 2.75) is 19.9 Å². The van der Waals surface area contributed by atoms with E-state index in [1.807, 2.05) is 38.1 Å². The molecule has 0 saturated carbocycles. The van der Waals surface area contributed by atoms with Crippen molar-refractivity contribution in [3.05, 3.63) is 52.8 Å². The highest BCUT2D eigenvalue weighted by Crippen LogP contribution is 2.27. The first-order valence-electron chi connectivity index (χ1n) is 5.72. The normalized spacial score (nSPS) is 12.2. The van der Waals surface area contributed by atoms with Gasteiger partial charge in [-0.2, -0.15) is 0 Å². The number of pyridine rings is 1. The van der Waals surface area contributed by atoms with E-state index in [0.29, 0.717) is 10.8 Å². The summed E-state index contributed by atoms with van der Waals surface area (Å²) in [6, 6.07) is 9.18. The van der Waals surface area contributed by atoms with Crippen LogP contribution in [0.2, 0.25) is 5.02 Å². The fraction of sp³-hybridized carbons (Fsp3) is 0.214. The van der Waals surface area contributed by atoms with E-state index >= 15 is 0 Å². The highest BCUT2D eigenvalue weighted by Gasteiger charge is 2.05. The molecule has 0 aliphatic heterocycles. The highest BCUT2D eigenvalue weighted by atomic mass is 35.5. The van der Waals surface area contributed by atoms with Crippen LogP contribution >= 0.6 is 11.6 Å².